The lowest BCUT2D eigenvalue weighted by molar-refractivity contribution is -0.116. The smallest absolute Gasteiger partial charge is 0.224 e. The predicted octanol–water partition coefficient (Wildman–Crippen LogP) is 3.08. The molecule has 1 aromatic carbocycles. The first-order valence-electron chi connectivity index (χ1n) is 6.03. The lowest BCUT2D eigenvalue weighted by Crippen LogP contribution is -2.11. The van der Waals surface area contributed by atoms with E-state index in [4.69, 9.17) is 0 Å². The second kappa shape index (κ2) is 5.48. The summed E-state index contributed by atoms with van der Waals surface area (Å²) in [6, 6.07) is 5.77. The summed E-state index contributed by atoms with van der Waals surface area (Å²) in [6.07, 6.45) is 5.51. The summed E-state index contributed by atoms with van der Waals surface area (Å²) in [5.41, 5.74) is 1.69. The van der Waals surface area contributed by atoms with Crippen LogP contribution in [0.4, 0.5) is 5.69 Å². The molecule has 0 saturated heterocycles. The van der Waals surface area contributed by atoms with E-state index in [2.05, 4.69) is 22.4 Å². The molecule has 0 aliphatic heterocycles. The third-order valence-corrected chi connectivity index (χ3v) is 2.76. The van der Waals surface area contributed by atoms with Crippen molar-refractivity contribution in [3.63, 3.8) is 0 Å². The number of hydrogen-bond acceptors (Lipinski definition) is 2. The maximum Gasteiger partial charge on any atom is 0.224 e. The third kappa shape index (κ3) is 2.84. The monoisotopic (exact) mass is 231 g/mol. The van der Waals surface area contributed by atoms with Crippen LogP contribution in [0.25, 0.3) is 10.9 Å². The van der Waals surface area contributed by atoms with Gasteiger partial charge in [0.05, 0.1) is 17.4 Å². The molecule has 0 bridgehead atoms. The van der Waals surface area contributed by atoms with Crippen LogP contribution in [0.5, 0.6) is 0 Å². The predicted molar refractivity (Wildman–Crippen MR) is 68.9 cm³/mol. The van der Waals surface area contributed by atoms with E-state index in [0.717, 1.165) is 35.9 Å². The largest absolute Gasteiger partial charge is 0.324 e. The Labute approximate surface area is 100 Å². The molecule has 0 spiro atoms. The van der Waals surface area contributed by atoms with Crippen LogP contribution < -0.4 is 5.32 Å². The van der Waals surface area contributed by atoms with Crippen molar-refractivity contribution in [2.75, 3.05) is 5.32 Å². The minimum absolute atomic E-state index is 0.0700. The van der Waals surface area contributed by atoms with Crippen molar-refractivity contribution < 1.29 is 4.79 Å². The van der Waals surface area contributed by atoms with Crippen molar-refractivity contribution in [1.29, 1.82) is 0 Å². The number of fused-ring (bicyclic) bond motifs is 1. The van der Waals surface area contributed by atoms with Crippen molar-refractivity contribution in [3.8, 4) is 0 Å². The molecule has 2 N–H and O–H groups in total. The first-order valence-corrected chi connectivity index (χ1v) is 6.03. The van der Waals surface area contributed by atoms with Gasteiger partial charge in [-0.2, -0.15) is 5.10 Å². The van der Waals surface area contributed by atoms with E-state index in [0.29, 0.717) is 6.42 Å². The lowest BCUT2D eigenvalue weighted by atomic mass is 10.2. The number of para-hydroxylation sites is 1. The summed E-state index contributed by atoms with van der Waals surface area (Å²) in [4.78, 5) is 11.7. The molecule has 0 aliphatic carbocycles. The zero-order valence-electron chi connectivity index (χ0n) is 9.99. The van der Waals surface area contributed by atoms with Crippen molar-refractivity contribution in [2.24, 2.45) is 0 Å². The van der Waals surface area contributed by atoms with Gasteiger partial charge in [0.2, 0.25) is 5.91 Å². The van der Waals surface area contributed by atoms with E-state index in [-0.39, 0.29) is 5.91 Å². The van der Waals surface area contributed by atoms with Crippen LogP contribution in [0.3, 0.4) is 0 Å². The number of carbonyl (C=O) groups is 1. The molecule has 0 saturated carbocycles. The molecule has 2 aromatic rings. The second-order valence-electron chi connectivity index (χ2n) is 4.15. The number of hydrogen-bond donors (Lipinski definition) is 2. The highest BCUT2D eigenvalue weighted by molar-refractivity contribution is 6.00. The molecule has 0 aliphatic rings. The van der Waals surface area contributed by atoms with Crippen molar-refractivity contribution in [3.05, 3.63) is 24.4 Å². The molecule has 0 fully saturated rings. The highest BCUT2D eigenvalue weighted by atomic mass is 16.1. The van der Waals surface area contributed by atoms with Crippen LogP contribution in [0, 0.1) is 0 Å². The van der Waals surface area contributed by atoms with Crippen LogP contribution in [0.15, 0.2) is 24.4 Å². The summed E-state index contributed by atoms with van der Waals surface area (Å²) in [5.74, 6) is 0.0700. The number of H-pyrrole nitrogens is 1. The average molecular weight is 231 g/mol. The van der Waals surface area contributed by atoms with Crippen LogP contribution in [-0.4, -0.2) is 16.1 Å². The van der Waals surface area contributed by atoms with Gasteiger partial charge in [-0.1, -0.05) is 31.9 Å². The van der Waals surface area contributed by atoms with E-state index in [1.807, 2.05) is 18.2 Å². The topological polar surface area (TPSA) is 57.8 Å². The van der Waals surface area contributed by atoms with Crippen LogP contribution >= 0.6 is 0 Å². The SMILES string of the molecule is CCCCCC(=O)Nc1cccc2cn[nH]c12. The van der Waals surface area contributed by atoms with Crippen LogP contribution in [0.2, 0.25) is 0 Å². The van der Waals surface area contributed by atoms with Gasteiger partial charge in [0.1, 0.15) is 0 Å². The number of nitrogens with zero attached hydrogens (tertiary/aromatic N) is 1. The van der Waals surface area contributed by atoms with Gasteiger partial charge in [-0.3, -0.25) is 9.89 Å². The summed E-state index contributed by atoms with van der Waals surface area (Å²) < 4.78 is 0. The summed E-state index contributed by atoms with van der Waals surface area (Å²) in [7, 11) is 0. The quantitative estimate of drug-likeness (QED) is 0.777. The molecule has 0 unspecified atom stereocenters. The van der Waals surface area contributed by atoms with E-state index in [9.17, 15) is 4.79 Å². The van der Waals surface area contributed by atoms with Crippen LogP contribution in [-0.2, 0) is 4.79 Å². The molecule has 1 aromatic heterocycles. The van der Waals surface area contributed by atoms with Crippen molar-refractivity contribution in [1.82, 2.24) is 10.2 Å². The number of rotatable bonds is 5. The highest BCUT2D eigenvalue weighted by Crippen LogP contribution is 2.20. The standard InChI is InChI=1S/C13H17N3O/c1-2-3-4-8-12(17)15-11-7-5-6-10-9-14-16-13(10)11/h5-7,9H,2-4,8H2,1H3,(H,14,16)(H,15,17). The molecule has 4 nitrogen and oxygen atoms in total. The number of unbranched alkanes of at least 4 members (excludes halogenated alkanes) is 2. The number of aromatic amines is 1. The Bertz CT molecular complexity index is 504. The fraction of sp³-hybridized carbons (Fsp3) is 0.385. The normalized spacial score (nSPS) is 10.6. The lowest BCUT2D eigenvalue weighted by Gasteiger charge is -2.05. The molecule has 0 radical (unpaired) electrons. The van der Waals surface area contributed by atoms with E-state index in [1.165, 1.54) is 0 Å². The Morgan fingerprint density at radius 3 is 3.12 bits per heavy atom. The molecule has 1 heterocycles. The van der Waals surface area contributed by atoms with Crippen molar-refractivity contribution >= 4 is 22.5 Å². The fourth-order valence-electron chi connectivity index (χ4n) is 1.82. The minimum atomic E-state index is 0.0700. The van der Waals surface area contributed by atoms with E-state index >= 15 is 0 Å². The molecular formula is C13H17N3O. The van der Waals surface area contributed by atoms with Gasteiger partial charge in [0, 0.05) is 11.8 Å². The second-order valence-corrected chi connectivity index (χ2v) is 4.15. The number of anilines is 1. The van der Waals surface area contributed by atoms with Gasteiger partial charge < -0.3 is 5.32 Å². The summed E-state index contributed by atoms with van der Waals surface area (Å²) in [5, 5.41) is 10.8. The van der Waals surface area contributed by atoms with Gasteiger partial charge in [0.25, 0.3) is 0 Å². The Morgan fingerprint density at radius 2 is 2.29 bits per heavy atom. The molecule has 0 atom stereocenters. The zero-order valence-corrected chi connectivity index (χ0v) is 9.99. The summed E-state index contributed by atoms with van der Waals surface area (Å²) >= 11 is 0. The van der Waals surface area contributed by atoms with Crippen molar-refractivity contribution in [2.45, 2.75) is 32.6 Å². The maximum atomic E-state index is 11.7. The molecule has 1 amide bonds. The number of amides is 1. The molecular weight excluding hydrogens is 214 g/mol. The fourth-order valence-corrected chi connectivity index (χ4v) is 1.82. The Balaban J connectivity index is 2.03. The Morgan fingerprint density at radius 1 is 1.41 bits per heavy atom. The number of nitrogens with one attached hydrogen (secondary N) is 2. The highest BCUT2D eigenvalue weighted by Gasteiger charge is 2.06. The van der Waals surface area contributed by atoms with Crippen LogP contribution in [0.1, 0.15) is 32.6 Å². The minimum Gasteiger partial charge on any atom is -0.324 e. The van der Waals surface area contributed by atoms with Gasteiger partial charge in [-0.25, -0.2) is 0 Å². The van der Waals surface area contributed by atoms with Gasteiger partial charge >= 0.3 is 0 Å². The maximum absolute atomic E-state index is 11.7. The van der Waals surface area contributed by atoms with Gasteiger partial charge in [-0.05, 0) is 12.5 Å². The molecule has 17 heavy (non-hydrogen) atoms. The number of aromatic nitrogens is 2. The average Bonchev–Trinajstić information content (AvgIpc) is 2.78. The third-order valence-electron chi connectivity index (χ3n) is 2.76. The molecule has 2 rings (SSSR count). The van der Waals surface area contributed by atoms with Gasteiger partial charge in [0.15, 0.2) is 0 Å². The van der Waals surface area contributed by atoms with E-state index < -0.39 is 0 Å². The first-order chi connectivity index (χ1) is 8.31. The molecule has 4 heteroatoms. The molecule has 90 valence electrons. The zero-order chi connectivity index (χ0) is 12.1. The number of benzene rings is 1. The van der Waals surface area contributed by atoms with Gasteiger partial charge in [-0.15, -0.1) is 0 Å². The van der Waals surface area contributed by atoms with E-state index in [1.54, 1.807) is 6.20 Å². The first kappa shape index (κ1) is 11.6. The number of carbonyl (C=O) groups excluding carboxylic acids is 1. The summed E-state index contributed by atoms with van der Waals surface area (Å²) in [6.45, 7) is 2.13. The Kier molecular flexibility index (Phi) is 3.75. The Hall–Kier alpha value is -1.84.